The smallest absolute Gasteiger partial charge is 0.188 e. The summed E-state index contributed by atoms with van der Waals surface area (Å²) in [5.74, 6) is 0. The van der Waals surface area contributed by atoms with Crippen LogP contribution in [0.2, 0.25) is 0 Å². The van der Waals surface area contributed by atoms with E-state index < -0.39 is 8.03 Å². The molecule has 34 valence electrons. The van der Waals surface area contributed by atoms with Crippen molar-refractivity contribution in [1.82, 2.24) is 0 Å². The monoisotopic (exact) mass is 158 g/mol. The van der Waals surface area contributed by atoms with Crippen LogP contribution in [0.4, 0.5) is 0 Å². The van der Waals surface area contributed by atoms with Gasteiger partial charge < -0.3 is 4.89 Å². The van der Waals surface area contributed by atoms with Gasteiger partial charge in [0, 0.05) is 25.6 Å². The Labute approximate surface area is 50.6 Å². The van der Waals surface area contributed by atoms with E-state index >= 15 is 0 Å². The summed E-state index contributed by atoms with van der Waals surface area (Å²) in [4.78, 5) is 7.91. The maximum absolute atomic E-state index is 9.55. The summed E-state index contributed by atoms with van der Waals surface area (Å²) in [6.07, 6.45) is 0.407. The van der Waals surface area contributed by atoms with E-state index in [1.807, 2.05) is 0 Å². The maximum atomic E-state index is 9.55. The molecule has 0 spiro atoms. The Bertz CT molecular complexity index is 46.8. The van der Waals surface area contributed by atoms with Crippen molar-refractivity contribution >= 4 is 8.03 Å². The molecule has 0 aromatic heterocycles. The minimum Gasteiger partial charge on any atom is -0.346 e. The molecule has 0 rings (SSSR count). The van der Waals surface area contributed by atoms with Crippen molar-refractivity contribution in [2.45, 2.75) is 6.92 Å². The molecule has 0 aromatic rings. The SMILES string of the molecule is CC[PH](=O)O.[Zn]. The van der Waals surface area contributed by atoms with Crippen molar-refractivity contribution in [1.29, 1.82) is 0 Å². The van der Waals surface area contributed by atoms with Crippen molar-refractivity contribution < 1.29 is 28.9 Å². The minimum atomic E-state index is -2.12. The Hall–Kier alpha value is 0.813. The second-order valence-corrected chi connectivity index (χ2v) is 2.24. The average Bonchev–Trinajstić information content (AvgIpc) is 1.38. The summed E-state index contributed by atoms with van der Waals surface area (Å²) in [5.41, 5.74) is 0. The molecular formula is C2H7O2PZn. The molecule has 0 saturated heterocycles. The molecule has 1 N–H and O–H groups in total. The molecule has 0 aliphatic rings. The molecule has 0 aromatic carbocycles. The van der Waals surface area contributed by atoms with E-state index in [-0.39, 0.29) is 19.5 Å². The van der Waals surface area contributed by atoms with Crippen LogP contribution in [0, 0.1) is 0 Å². The van der Waals surface area contributed by atoms with E-state index in [0.717, 1.165) is 0 Å². The molecule has 0 fully saturated rings. The van der Waals surface area contributed by atoms with Crippen molar-refractivity contribution in [3.63, 3.8) is 0 Å². The zero-order chi connectivity index (χ0) is 4.28. The van der Waals surface area contributed by atoms with Gasteiger partial charge in [-0.3, -0.25) is 4.57 Å². The van der Waals surface area contributed by atoms with Gasteiger partial charge in [0.25, 0.3) is 0 Å². The average molecular weight is 159 g/mol. The van der Waals surface area contributed by atoms with Gasteiger partial charge in [-0.05, 0) is 0 Å². The van der Waals surface area contributed by atoms with Crippen molar-refractivity contribution in [2.24, 2.45) is 0 Å². The summed E-state index contributed by atoms with van der Waals surface area (Å²) in [6.45, 7) is 1.68. The van der Waals surface area contributed by atoms with Gasteiger partial charge in [-0.25, -0.2) is 0 Å². The molecule has 1 atom stereocenters. The van der Waals surface area contributed by atoms with Gasteiger partial charge in [-0.2, -0.15) is 0 Å². The summed E-state index contributed by atoms with van der Waals surface area (Å²) in [6, 6.07) is 0. The van der Waals surface area contributed by atoms with Crippen LogP contribution in [0.15, 0.2) is 0 Å². The Morgan fingerprint density at radius 3 is 2.00 bits per heavy atom. The van der Waals surface area contributed by atoms with Crippen LogP contribution in [-0.4, -0.2) is 11.1 Å². The van der Waals surface area contributed by atoms with Crippen LogP contribution in [-0.2, 0) is 24.0 Å². The normalized spacial score (nSPS) is 12.3. The van der Waals surface area contributed by atoms with E-state index in [9.17, 15) is 4.57 Å². The first-order valence-electron chi connectivity index (χ1n) is 1.49. The van der Waals surface area contributed by atoms with E-state index in [1.165, 1.54) is 0 Å². The summed E-state index contributed by atoms with van der Waals surface area (Å²) >= 11 is 0. The van der Waals surface area contributed by atoms with Gasteiger partial charge in [0.2, 0.25) is 0 Å². The van der Waals surface area contributed by atoms with Crippen LogP contribution < -0.4 is 0 Å². The van der Waals surface area contributed by atoms with E-state index in [0.29, 0.717) is 6.16 Å². The quantitative estimate of drug-likeness (QED) is 0.446. The summed E-state index contributed by atoms with van der Waals surface area (Å²) in [7, 11) is -2.12. The van der Waals surface area contributed by atoms with E-state index in [1.54, 1.807) is 6.92 Å². The number of hydrogen-bond acceptors (Lipinski definition) is 1. The van der Waals surface area contributed by atoms with Crippen LogP contribution in [0.3, 0.4) is 0 Å². The minimum absolute atomic E-state index is 0. The molecule has 4 heteroatoms. The van der Waals surface area contributed by atoms with Gasteiger partial charge >= 0.3 is 0 Å². The molecule has 1 unspecified atom stereocenters. The van der Waals surface area contributed by atoms with Crippen molar-refractivity contribution in [3.05, 3.63) is 0 Å². The van der Waals surface area contributed by atoms with E-state index in [4.69, 9.17) is 4.89 Å². The first kappa shape index (κ1) is 9.94. The molecule has 0 heterocycles. The predicted molar refractivity (Wildman–Crippen MR) is 21.8 cm³/mol. The maximum Gasteiger partial charge on any atom is 0.188 e. The second-order valence-electron chi connectivity index (χ2n) is 0.747. The molecule has 0 aliphatic heterocycles. The Balaban J connectivity index is 0. The standard InChI is InChI=1S/C2H7O2P.Zn/c1-2-5(3)4;/h5H,2H2,1H3,(H,3,4);. The first-order chi connectivity index (χ1) is 2.27. The summed E-state index contributed by atoms with van der Waals surface area (Å²) in [5, 5.41) is 0. The Kier molecular flexibility index (Phi) is 9.63. The fourth-order valence-electron chi connectivity index (χ4n) is 0. The van der Waals surface area contributed by atoms with Gasteiger partial charge in [0.15, 0.2) is 8.03 Å². The van der Waals surface area contributed by atoms with Gasteiger partial charge in [-0.15, -0.1) is 0 Å². The summed E-state index contributed by atoms with van der Waals surface area (Å²) < 4.78 is 9.55. The molecular weight excluding hydrogens is 152 g/mol. The molecule has 0 bridgehead atoms. The fourth-order valence-corrected chi connectivity index (χ4v) is 0. The van der Waals surface area contributed by atoms with Crippen LogP contribution >= 0.6 is 8.03 Å². The Morgan fingerprint density at radius 1 is 1.83 bits per heavy atom. The zero-order valence-corrected chi connectivity index (χ0v) is 7.74. The molecule has 0 amide bonds. The molecule has 0 radical (unpaired) electrons. The molecule has 6 heavy (non-hydrogen) atoms. The number of hydrogen-bond donors (Lipinski definition) is 1. The second kappa shape index (κ2) is 5.81. The third-order valence-corrected chi connectivity index (χ3v) is 0.907. The van der Waals surface area contributed by atoms with Crippen LogP contribution in [0.25, 0.3) is 0 Å². The third kappa shape index (κ3) is 8.84. The zero-order valence-electron chi connectivity index (χ0n) is 3.77. The predicted octanol–water partition coefficient (Wildman–Crippen LogP) is 0.471. The largest absolute Gasteiger partial charge is 0.346 e. The third-order valence-electron chi connectivity index (χ3n) is 0.302. The fraction of sp³-hybridized carbons (Fsp3) is 1.00. The van der Waals surface area contributed by atoms with Gasteiger partial charge in [0.05, 0.1) is 0 Å². The van der Waals surface area contributed by atoms with E-state index in [2.05, 4.69) is 0 Å². The topological polar surface area (TPSA) is 37.3 Å². The van der Waals surface area contributed by atoms with Crippen molar-refractivity contribution in [2.75, 3.05) is 6.16 Å². The molecule has 2 nitrogen and oxygen atoms in total. The Morgan fingerprint density at radius 2 is 2.00 bits per heavy atom. The number of rotatable bonds is 1. The van der Waals surface area contributed by atoms with Gasteiger partial charge in [0.1, 0.15) is 0 Å². The van der Waals surface area contributed by atoms with Crippen LogP contribution in [0.5, 0.6) is 0 Å². The molecule has 0 saturated carbocycles. The van der Waals surface area contributed by atoms with Crippen LogP contribution in [0.1, 0.15) is 6.92 Å². The molecule has 0 aliphatic carbocycles. The van der Waals surface area contributed by atoms with Crippen molar-refractivity contribution in [3.8, 4) is 0 Å². The first-order valence-corrected chi connectivity index (χ1v) is 3.05. The van der Waals surface area contributed by atoms with Gasteiger partial charge in [-0.1, -0.05) is 6.92 Å².